The minimum atomic E-state index is -7.36. The Balaban J connectivity index is 6.10. The smallest absolute Gasteiger partial charge is 0.216 e. The van der Waals surface area contributed by atoms with Crippen LogP contribution in [0.25, 0.3) is 0 Å². The van der Waals surface area contributed by atoms with Crippen LogP contribution in [0.15, 0.2) is 0 Å². The highest BCUT2D eigenvalue weighted by Crippen LogP contribution is 2.59. The van der Waals surface area contributed by atoms with Crippen LogP contribution in [0.3, 0.4) is 0 Å². The second-order valence-corrected chi connectivity index (χ2v) is 3.14. The van der Waals surface area contributed by atoms with Crippen LogP contribution < -0.4 is 0 Å². The zero-order chi connectivity index (χ0) is 15.2. The van der Waals surface area contributed by atoms with Gasteiger partial charge in [-0.2, -0.15) is 43.9 Å². The van der Waals surface area contributed by atoms with Crippen LogP contribution in [0.2, 0.25) is 0 Å². The molecule has 0 unspecified atom stereocenters. The van der Waals surface area contributed by atoms with E-state index in [0.717, 1.165) is 0 Å². The molecule has 1 radical (unpaired) electrons. The van der Waals surface area contributed by atoms with Crippen molar-refractivity contribution >= 4 is 0 Å². The Hall–Kier alpha value is -0.770. The van der Waals surface area contributed by atoms with Gasteiger partial charge < -0.3 is 0 Å². The Morgan fingerprint density at radius 3 is 1.06 bits per heavy atom. The van der Waals surface area contributed by atoms with Gasteiger partial charge in [0.05, 0.1) is 0 Å². The first-order chi connectivity index (χ1) is 7.56. The molecule has 0 aromatic rings. The van der Waals surface area contributed by atoms with Gasteiger partial charge in [0.15, 0.2) is 0 Å². The zero-order valence-electron chi connectivity index (χ0n) is 8.23. The van der Waals surface area contributed by atoms with Gasteiger partial charge in [0.2, 0.25) is 0 Å². The minimum absolute atomic E-state index is 0.0705. The fraction of sp³-hybridized carbons (Fsp3) is 0.857. The predicted octanol–water partition coefficient (Wildman–Crippen LogP) is 4.31. The normalized spacial score (nSPS) is 16.0. The molecule has 11 heteroatoms. The van der Waals surface area contributed by atoms with Crippen LogP contribution in [-0.4, -0.2) is 29.9 Å². The molecule has 0 saturated heterocycles. The number of hydrogen-bond donors (Lipinski definition) is 0. The van der Waals surface area contributed by atoms with Crippen LogP contribution >= 0.6 is 0 Å². The van der Waals surface area contributed by atoms with Crippen molar-refractivity contribution < 1.29 is 48.3 Å². The van der Waals surface area contributed by atoms with Crippen molar-refractivity contribution in [2.24, 2.45) is 0 Å². The summed E-state index contributed by atoms with van der Waals surface area (Å²) in [6, 6.07) is 0. The first kappa shape index (κ1) is 17.2. The van der Waals surface area contributed by atoms with E-state index in [1.54, 1.807) is 0 Å². The molecule has 109 valence electrons. The van der Waals surface area contributed by atoms with E-state index < -0.39 is 36.3 Å². The molecule has 0 heterocycles. The van der Waals surface area contributed by atoms with Crippen LogP contribution in [0.1, 0.15) is 6.92 Å². The predicted molar refractivity (Wildman–Crippen MR) is 35.8 cm³/mol. The third-order valence-corrected chi connectivity index (χ3v) is 2.00. The molecule has 0 bridgehead atoms. The van der Waals surface area contributed by atoms with Gasteiger partial charge in [0, 0.05) is 6.42 Å². The van der Waals surface area contributed by atoms with Gasteiger partial charge >= 0.3 is 29.9 Å². The molecule has 0 amide bonds. The number of halogens is 11. The van der Waals surface area contributed by atoms with Crippen molar-refractivity contribution in [3.63, 3.8) is 0 Å². The Bertz CT molecular complexity index is 281. The lowest BCUT2D eigenvalue weighted by atomic mass is 9.89. The molecule has 0 spiro atoms. The Morgan fingerprint density at radius 1 is 0.611 bits per heavy atom. The van der Waals surface area contributed by atoms with Gasteiger partial charge in [-0.3, -0.25) is 0 Å². The first-order valence-corrected chi connectivity index (χ1v) is 3.94. The summed E-state index contributed by atoms with van der Waals surface area (Å²) in [5.41, 5.74) is -7.36. The van der Waals surface area contributed by atoms with E-state index in [-0.39, 0.29) is 6.92 Å². The summed E-state index contributed by atoms with van der Waals surface area (Å²) in [6.07, 6.45) is -15.5. The van der Waals surface area contributed by atoms with E-state index >= 15 is 0 Å². The fourth-order valence-corrected chi connectivity index (χ4v) is 0.928. The molecule has 0 aliphatic heterocycles. The first-order valence-electron chi connectivity index (χ1n) is 3.94. The highest BCUT2D eigenvalue weighted by molar-refractivity contribution is 5.13. The second-order valence-electron chi connectivity index (χ2n) is 3.14. The molecule has 0 saturated carbocycles. The van der Waals surface area contributed by atoms with Crippen molar-refractivity contribution in [3.8, 4) is 0 Å². The maximum absolute atomic E-state index is 12.8. The van der Waals surface area contributed by atoms with Gasteiger partial charge in [-0.15, -0.1) is 0 Å². The Labute approximate surface area is 92.7 Å². The fourth-order valence-electron chi connectivity index (χ4n) is 0.928. The molecule has 0 N–H and O–H groups in total. The monoisotopic (exact) mass is 297 g/mol. The summed E-state index contributed by atoms with van der Waals surface area (Å²) in [5, 5.41) is 0. The van der Waals surface area contributed by atoms with Crippen LogP contribution in [0, 0.1) is 6.42 Å². The van der Waals surface area contributed by atoms with Crippen molar-refractivity contribution in [1.29, 1.82) is 0 Å². The minimum Gasteiger partial charge on any atom is -0.216 e. The lowest BCUT2D eigenvalue weighted by Crippen LogP contribution is -2.70. The van der Waals surface area contributed by atoms with E-state index in [4.69, 9.17) is 0 Å². The second kappa shape index (κ2) is 4.12. The SMILES string of the molecule is C[CH]C(F)(F)C(F)(F)C(F)(C(F)(F)F)C(F)(F)F. The largest absolute Gasteiger partial charge is 0.438 e. The van der Waals surface area contributed by atoms with E-state index in [0.29, 0.717) is 0 Å². The summed E-state index contributed by atoms with van der Waals surface area (Å²) < 4.78 is 134. The third kappa shape index (κ3) is 2.11. The highest BCUT2D eigenvalue weighted by atomic mass is 19.4. The maximum atomic E-state index is 12.8. The summed E-state index contributed by atoms with van der Waals surface area (Å²) in [4.78, 5) is 0. The summed E-state index contributed by atoms with van der Waals surface area (Å²) >= 11 is 0. The van der Waals surface area contributed by atoms with Gasteiger partial charge in [0.1, 0.15) is 0 Å². The number of hydrogen-bond acceptors (Lipinski definition) is 0. The molecule has 0 nitrogen and oxygen atoms in total. The average Bonchev–Trinajstić information content (AvgIpc) is 2.12. The van der Waals surface area contributed by atoms with E-state index in [2.05, 4.69) is 0 Å². The molecular formula is C7H4F11. The molecule has 0 atom stereocenters. The van der Waals surface area contributed by atoms with Crippen molar-refractivity contribution in [3.05, 3.63) is 6.42 Å². The van der Waals surface area contributed by atoms with Gasteiger partial charge in [-0.1, -0.05) is 6.92 Å². The van der Waals surface area contributed by atoms with Crippen molar-refractivity contribution in [1.82, 2.24) is 0 Å². The van der Waals surface area contributed by atoms with Gasteiger partial charge in [-0.05, 0) is 0 Å². The van der Waals surface area contributed by atoms with Gasteiger partial charge in [-0.25, -0.2) is 4.39 Å². The number of alkyl halides is 11. The average molecular weight is 297 g/mol. The lowest BCUT2D eigenvalue weighted by molar-refractivity contribution is -0.422. The van der Waals surface area contributed by atoms with E-state index in [9.17, 15) is 48.3 Å². The quantitative estimate of drug-likeness (QED) is 0.681. The van der Waals surface area contributed by atoms with Crippen LogP contribution in [0.4, 0.5) is 48.3 Å². The number of rotatable bonds is 3. The van der Waals surface area contributed by atoms with Gasteiger partial charge in [0.25, 0.3) is 0 Å². The highest BCUT2D eigenvalue weighted by Gasteiger charge is 2.89. The Morgan fingerprint density at radius 2 is 0.889 bits per heavy atom. The molecule has 0 rings (SSSR count). The molecular weight excluding hydrogens is 293 g/mol. The lowest BCUT2D eigenvalue weighted by Gasteiger charge is -2.39. The molecule has 0 aliphatic rings. The van der Waals surface area contributed by atoms with Crippen molar-refractivity contribution in [2.45, 2.75) is 36.8 Å². The summed E-state index contributed by atoms with van der Waals surface area (Å²) in [6.45, 7) is 0.0705. The van der Waals surface area contributed by atoms with Crippen molar-refractivity contribution in [2.75, 3.05) is 0 Å². The topological polar surface area (TPSA) is 0 Å². The maximum Gasteiger partial charge on any atom is 0.438 e. The molecule has 0 aromatic carbocycles. The van der Waals surface area contributed by atoms with Crippen LogP contribution in [0.5, 0.6) is 0 Å². The van der Waals surface area contributed by atoms with E-state index in [1.807, 2.05) is 0 Å². The standard InChI is InChI=1S/C7H4F11/c1-2-3(8,9)5(11,12)4(10,6(13,14)15)7(16,17)18/h2H,1H3. The molecule has 0 fully saturated rings. The van der Waals surface area contributed by atoms with E-state index in [1.165, 1.54) is 0 Å². The van der Waals surface area contributed by atoms with Crippen LogP contribution in [-0.2, 0) is 0 Å². The Kier molecular flexibility index (Phi) is 3.94. The molecule has 18 heavy (non-hydrogen) atoms. The summed E-state index contributed by atoms with van der Waals surface area (Å²) in [5.74, 6) is -13.0. The molecule has 0 aromatic heterocycles. The zero-order valence-corrected chi connectivity index (χ0v) is 8.23. The molecule has 0 aliphatic carbocycles. The third-order valence-electron chi connectivity index (χ3n) is 2.00. The summed E-state index contributed by atoms with van der Waals surface area (Å²) in [7, 11) is 0.